The molecule has 0 bridgehead atoms. The molecule has 2 N–H and O–H groups in total. The molecule has 0 aliphatic rings. The highest BCUT2D eigenvalue weighted by atomic mass is 32.1. The number of amides is 2. The van der Waals surface area contributed by atoms with Gasteiger partial charge in [-0.1, -0.05) is 19.4 Å². The Morgan fingerprint density at radius 1 is 1.24 bits per heavy atom. The summed E-state index contributed by atoms with van der Waals surface area (Å²) in [6.07, 6.45) is 3.90. The number of carbonyl (C=O) groups excluding carboxylic acids is 2. The topological polar surface area (TPSA) is 71.1 Å². The number of anilines is 2. The standard InChI is InChI=1S/C15H17N3O2S/c1-2-3-6-14(19)17-11-7-8-13(16-10-11)18-15(20)12-5-4-9-21-12/h4-5,7-10H,2-3,6H2,1H3,(H,17,19)(H,16,18,20). The van der Waals surface area contributed by atoms with Crippen LogP contribution in [0.4, 0.5) is 11.5 Å². The van der Waals surface area contributed by atoms with Gasteiger partial charge in [0.05, 0.1) is 16.8 Å². The highest BCUT2D eigenvalue weighted by Crippen LogP contribution is 2.14. The van der Waals surface area contributed by atoms with Gasteiger partial charge in [0.15, 0.2) is 0 Å². The Kier molecular flexibility index (Phi) is 5.45. The van der Waals surface area contributed by atoms with Crippen LogP contribution in [0.25, 0.3) is 0 Å². The SMILES string of the molecule is CCCCC(=O)Nc1ccc(NC(=O)c2cccs2)nc1. The monoisotopic (exact) mass is 303 g/mol. The lowest BCUT2D eigenvalue weighted by molar-refractivity contribution is -0.116. The minimum absolute atomic E-state index is 0.0194. The number of unbranched alkanes of at least 4 members (excludes halogenated alkanes) is 1. The number of pyridine rings is 1. The summed E-state index contributed by atoms with van der Waals surface area (Å²) in [6.45, 7) is 2.04. The van der Waals surface area contributed by atoms with Crippen LogP contribution >= 0.6 is 11.3 Å². The molecule has 0 aromatic carbocycles. The molecule has 0 unspecified atom stereocenters. The second kappa shape index (κ2) is 7.54. The average molecular weight is 303 g/mol. The molecule has 0 atom stereocenters. The summed E-state index contributed by atoms with van der Waals surface area (Å²) in [6, 6.07) is 6.96. The zero-order valence-electron chi connectivity index (χ0n) is 11.8. The summed E-state index contributed by atoms with van der Waals surface area (Å²) in [5, 5.41) is 7.32. The van der Waals surface area contributed by atoms with E-state index in [9.17, 15) is 9.59 Å². The van der Waals surface area contributed by atoms with Gasteiger partial charge in [0.2, 0.25) is 5.91 Å². The molecule has 6 heteroatoms. The Balaban J connectivity index is 1.90. The van der Waals surface area contributed by atoms with Crippen LogP contribution in [0.2, 0.25) is 0 Å². The summed E-state index contributed by atoms with van der Waals surface area (Å²) in [7, 11) is 0. The number of rotatable bonds is 6. The maximum Gasteiger partial charge on any atom is 0.266 e. The first-order valence-electron chi connectivity index (χ1n) is 6.80. The van der Waals surface area contributed by atoms with E-state index in [1.54, 1.807) is 18.2 Å². The molecule has 0 spiro atoms. The highest BCUT2D eigenvalue weighted by molar-refractivity contribution is 7.12. The molecule has 0 fully saturated rings. The lowest BCUT2D eigenvalue weighted by Crippen LogP contribution is -2.13. The zero-order valence-corrected chi connectivity index (χ0v) is 12.6. The smallest absolute Gasteiger partial charge is 0.266 e. The van der Waals surface area contributed by atoms with Crippen molar-refractivity contribution in [2.75, 3.05) is 10.6 Å². The number of thiophene rings is 1. The Labute approximate surface area is 127 Å². The van der Waals surface area contributed by atoms with E-state index in [1.807, 2.05) is 18.4 Å². The van der Waals surface area contributed by atoms with Gasteiger partial charge in [0, 0.05) is 6.42 Å². The third-order valence-corrected chi connectivity index (χ3v) is 3.66. The second-order valence-electron chi connectivity index (χ2n) is 4.52. The number of aromatic nitrogens is 1. The van der Waals surface area contributed by atoms with Gasteiger partial charge in [0.25, 0.3) is 5.91 Å². The number of nitrogens with one attached hydrogen (secondary N) is 2. The average Bonchev–Trinajstić information content (AvgIpc) is 3.01. The van der Waals surface area contributed by atoms with Crippen molar-refractivity contribution >= 4 is 34.7 Å². The van der Waals surface area contributed by atoms with E-state index in [-0.39, 0.29) is 11.8 Å². The molecule has 0 saturated heterocycles. The predicted octanol–water partition coefficient (Wildman–Crippen LogP) is 3.52. The first-order chi connectivity index (χ1) is 10.2. The summed E-state index contributed by atoms with van der Waals surface area (Å²) in [4.78, 5) is 28.2. The zero-order chi connectivity index (χ0) is 15.1. The Morgan fingerprint density at radius 3 is 2.71 bits per heavy atom. The van der Waals surface area contributed by atoms with E-state index in [0.29, 0.717) is 22.8 Å². The van der Waals surface area contributed by atoms with Crippen molar-refractivity contribution in [2.24, 2.45) is 0 Å². The van der Waals surface area contributed by atoms with Gasteiger partial charge in [0.1, 0.15) is 5.82 Å². The van der Waals surface area contributed by atoms with Crippen molar-refractivity contribution in [3.8, 4) is 0 Å². The maximum atomic E-state index is 11.8. The van der Waals surface area contributed by atoms with Crippen LogP contribution in [-0.2, 0) is 4.79 Å². The molecule has 2 aromatic heterocycles. The Morgan fingerprint density at radius 2 is 2.10 bits per heavy atom. The first kappa shape index (κ1) is 15.2. The highest BCUT2D eigenvalue weighted by Gasteiger charge is 2.08. The van der Waals surface area contributed by atoms with E-state index in [4.69, 9.17) is 0 Å². The quantitative estimate of drug-likeness (QED) is 0.857. The van der Waals surface area contributed by atoms with Gasteiger partial charge in [-0.2, -0.15) is 0 Å². The van der Waals surface area contributed by atoms with E-state index >= 15 is 0 Å². The fraction of sp³-hybridized carbons (Fsp3) is 0.267. The Hall–Kier alpha value is -2.21. The number of hydrogen-bond donors (Lipinski definition) is 2. The summed E-state index contributed by atoms with van der Waals surface area (Å²) < 4.78 is 0. The van der Waals surface area contributed by atoms with Crippen LogP contribution < -0.4 is 10.6 Å². The molecule has 21 heavy (non-hydrogen) atoms. The molecule has 2 rings (SSSR count). The van der Waals surface area contributed by atoms with Crippen LogP contribution in [0.3, 0.4) is 0 Å². The fourth-order valence-corrected chi connectivity index (χ4v) is 2.31. The van der Waals surface area contributed by atoms with Crippen molar-refractivity contribution < 1.29 is 9.59 Å². The van der Waals surface area contributed by atoms with Gasteiger partial charge in [-0.05, 0) is 30.0 Å². The molecular formula is C15H17N3O2S. The number of nitrogens with zero attached hydrogens (tertiary/aromatic N) is 1. The van der Waals surface area contributed by atoms with Crippen LogP contribution in [0.5, 0.6) is 0 Å². The first-order valence-corrected chi connectivity index (χ1v) is 7.67. The van der Waals surface area contributed by atoms with Gasteiger partial charge >= 0.3 is 0 Å². The number of carbonyl (C=O) groups is 2. The molecule has 0 saturated carbocycles. The van der Waals surface area contributed by atoms with E-state index in [2.05, 4.69) is 15.6 Å². The molecule has 2 aromatic rings. The van der Waals surface area contributed by atoms with Crippen molar-refractivity contribution in [1.82, 2.24) is 4.98 Å². The Bertz CT molecular complexity index is 594. The molecule has 0 aliphatic heterocycles. The minimum Gasteiger partial charge on any atom is -0.325 e. The molecule has 0 radical (unpaired) electrons. The lowest BCUT2D eigenvalue weighted by Gasteiger charge is -2.06. The van der Waals surface area contributed by atoms with Crippen molar-refractivity contribution in [3.05, 3.63) is 40.7 Å². The summed E-state index contributed by atoms with van der Waals surface area (Å²) in [5.74, 6) is 0.256. The third kappa shape index (κ3) is 4.68. The fourth-order valence-electron chi connectivity index (χ4n) is 1.69. The molecule has 2 heterocycles. The summed E-state index contributed by atoms with van der Waals surface area (Å²) >= 11 is 1.37. The molecule has 0 aliphatic carbocycles. The predicted molar refractivity (Wildman–Crippen MR) is 84.7 cm³/mol. The van der Waals surface area contributed by atoms with Gasteiger partial charge < -0.3 is 10.6 Å². The second-order valence-corrected chi connectivity index (χ2v) is 5.46. The summed E-state index contributed by atoms with van der Waals surface area (Å²) in [5.41, 5.74) is 0.630. The van der Waals surface area contributed by atoms with Crippen LogP contribution in [0.1, 0.15) is 35.9 Å². The molecular weight excluding hydrogens is 286 g/mol. The van der Waals surface area contributed by atoms with Crippen LogP contribution in [-0.4, -0.2) is 16.8 Å². The largest absolute Gasteiger partial charge is 0.325 e. The molecule has 2 amide bonds. The molecule has 110 valence electrons. The van der Waals surface area contributed by atoms with Crippen molar-refractivity contribution in [1.29, 1.82) is 0 Å². The van der Waals surface area contributed by atoms with Crippen molar-refractivity contribution in [3.63, 3.8) is 0 Å². The third-order valence-electron chi connectivity index (χ3n) is 2.79. The normalized spacial score (nSPS) is 10.1. The molecule has 5 nitrogen and oxygen atoms in total. The van der Waals surface area contributed by atoms with Gasteiger partial charge in [-0.25, -0.2) is 4.98 Å². The number of hydrogen-bond acceptors (Lipinski definition) is 4. The van der Waals surface area contributed by atoms with Crippen molar-refractivity contribution in [2.45, 2.75) is 26.2 Å². The van der Waals surface area contributed by atoms with Gasteiger partial charge in [-0.15, -0.1) is 11.3 Å². The lowest BCUT2D eigenvalue weighted by atomic mass is 10.2. The maximum absolute atomic E-state index is 11.8. The van der Waals surface area contributed by atoms with E-state index < -0.39 is 0 Å². The minimum atomic E-state index is -0.183. The van der Waals surface area contributed by atoms with Crippen LogP contribution in [0, 0.1) is 0 Å². The van der Waals surface area contributed by atoms with E-state index in [1.165, 1.54) is 17.5 Å². The van der Waals surface area contributed by atoms with Gasteiger partial charge in [-0.3, -0.25) is 9.59 Å². The van der Waals surface area contributed by atoms with E-state index in [0.717, 1.165) is 12.8 Å². The van der Waals surface area contributed by atoms with Crippen LogP contribution in [0.15, 0.2) is 35.8 Å².